The highest BCUT2D eigenvalue weighted by Gasteiger charge is 2.28. The molecule has 2 fully saturated rings. The molecule has 2 unspecified atom stereocenters. The summed E-state index contributed by atoms with van der Waals surface area (Å²) in [6.45, 7) is 4.37. The van der Waals surface area contributed by atoms with Crippen LogP contribution in [0.5, 0.6) is 0 Å². The first-order valence-corrected chi connectivity index (χ1v) is 16.4. The molecule has 2 atom stereocenters. The molecule has 12 heteroatoms. The molecule has 0 aliphatic carbocycles. The number of morpholine rings is 2. The van der Waals surface area contributed by atoms with Crippen LogP contribution in [0.3, 0.4) is 0 Å². The molecule has 2 N–H and O–H groups in total. The van der Waals surface area contributed by atoms with Gasteiger partial charge in [0.25, 0.3) is 11.1 Å². The monoisotopic (exact) mass is 608 g/mol. The maximum absolute atomic E-state index is 14.0. The van der Waals surface area contributed by atoms with Gasteiger partial charge >= 0.3 is 0 Å². The van der Waals surface area contributed by atoms with Crippen LogP contribution in [0, 0.1) is 0 Å². The Bertz CT molecular complexity index is 1500. The Hall–Kier alpha value is -3.00. The zero-order chi connectivity index (χ0) is 29.1. The average Bonchev–Trinajstić information content (AvgIpc) is 3.40. The van der Waals surface area contributed by atoms with Crippen LogP contribution in [0.25, 0.3) is 11.4 Å². The third-order valence-electron chi connectivity index (χ3n) is 7.74. The van der Waals surface area contributed by atoms with E-state index in [2.05, 4.69) is 10.6 Å². The molecule has 42 heavy (non-hydrogen) atoms. The molecule has 6 rings (SSSR count). The van der Waals surface area contributed by atoms with Gasteiger partial charge < -0.3 is 20.1 Å². The zero-order valence-corrected chi connectivity index (χ0v) is 25.5. The maximum Gasteiger partial charge on any atom is 0.286 e. The summed E-state index contributed by atoms with van der Waals surface area (Å²) >= 11 is 0. The summed E-state index contributed by atoms with van der Waals surface area (Å²) in [5.41, 5.74) is 3.13. The largest absolute Gasteiger partial charge is 0.375 e. The van der Waals surface area contributed by atoms with Gasteiger partial charge in [0.1, 0.15) is 9.79 Å². The molecule has 0 bridgehead atoms. The summed E-state index contributed by atoms with van der Waals surface area (Å²) < 4.78 is 19.3. The van der Waals surface area contributed by atoms with Crippen molar-refractivity contribution in [2.45, 2.75) is 34.8 Å². The van der Waals surface area contributed by atoms with Crippen LogP contribution in [0.2, 0.25) is 0 Å². The second kappa shape index (κ2) is 13.1. The Balaban J connectivity index is 1.39. The van der Waals surface area contributed by atoms with Gasteiger partial charge in [-0.05, 0) is 45.9 Å². The Morgan fingerprint density at radius 2 is 1.10 bits per heavy atom. The maximum atomic E-state index is 14.0. The number of aromatic nitrogens is 4. The predicted molar refractivity (Wildman–Crippen MR) is 166 cm³/mol. The minimum atomic E-state index is -0.111. The molecule has 10 nitrogen and oxygen atoms in total. The molecular formula is C30H36N6O4S2. The van der Waals surface area contributed by atoms with Crippen molar-refractivity contribution in [1.82, 2.24) is 29.4 Å². The van der Waals surface area contributed by atoms with Crippen molar-refractivity contribution in [1.29, 1.82) is 0 Å². The van der Waals surface area contributed by atoms with Crippen LogP contribution in [-0.4, -0.2) is 70.3 Å². The van der Waals surface area contributed by atoms with Crippen LogP contribution in [0.4, 0.5) is 0 Å². The zero-order valence-electron chi connectivity index (χ0n) is 23.8. The first-order valence-electron chi connectivity index (χ1n) is 14.2. The fourth-order valence-corrected chi connectivity index (χ4v) is 8.21. The molecule has 222 valence electrons. The quantitative estimate of drug-likeness (QED) is 0.280. The van der Waals surface area contributed by atoms with E-state index >= 15 is 0 Å². The fourth-order valence-electron chi connectivity index (χ4n) is 5.60. The summed E-state index contributed by atoms with van der Waals surface area (Å²) in [6, 6.07) is 19.3. The van der Waals surface area contributed by atoms with Crippen molar-refractivity contribution in [2.24, 2.45) is 14.1 Å². The predicted octanol–water partition coefficient (Wildman–Crippen LogP) is 2.53. The number of ether oxygens (including phenoxy) is 2. The van der Waals surface area contributed by atoms with Gasteiger partial charge in [0.05, 0.1) is 48.2 Å². The van der Waals surface area contributed by atoms with Gasteiger partial charge in [-0.2, -0.15) is 0 Å². The van der Waals surface area contributed by atoms with Crippen LogP contribution in [0.1, 0.15) is 11.4 Å². The molecule has 2 saturated heterocycles. The number of nitrogens with one attached hydrogen (secondary N) is 2. The highest BCUT2D eigenvalue weighted by Crippen LogP contribution is 2.39. The molecule has 2 aromatic carbocycles. The van der Waals surface area contributed by atoms with E-state index in [0.717, 1.165) is 48.9 Å². The molecule has 2 aromatic heterocycles. The number of hydrogen-bond acceptors (Lipinski definition) is 8. The second-order valence-corrected chi connectivity index (χ2v) is 12.6. The Morgan fingerprint density at radius 1 is 0.690 bits per heavy atom. The summed E-state index contributed by atoms with van der Waals surface area (Å²) in [7, 11) is 6.54. The molecule has 0 spiro atoms. The molecule has 4 aromatic rings. The Kier molecular flexibility index (Phi) is 9.08. The van der Waals surface area contributed by atoms with Gasteiger partial charge in [-0.25, -0.2) is 9.36 Å². The summed E-state index contributed by atoms with van der Waals surface area (Å²) in [6.07, 6.45) is 1.08. The van der Waals surface area contributed by atoms with E-state index in [9.17, 15) is 9.59 Å². The van der Waals surface area contributed by atoms with Gasteiger partial charge in [0, 0.05) is 53.1 Å². The van der Waals surface area contributed by atoms with E-state index < -0.39 is 0 Å². The Morgan fingerprint density at radius 3 is 1.45 bits per heavy atom. The first-order chi connectivity index (χ1) is 20.5. The standard InChI is InChI=1S/C30H36N6O4S2/c1-33-25(17-23-19-31-13-15-39-23)27(29(37)35(33)21-9-5-3-6-10-21)41-42-28-26(18-24-20-32-14-16-40-24)34(2)36(30(28)38)22-11-7-4-8-12-22/h3-12,23-24,31-32H,13-20H2,1-2H3. The van der Waals surface area contributed by atoms with Crippen LogP contribution in [0.15, 0.2) is 80.0 Å². The number of benzene rings is 2. The van der Waals surface area contributed by atoms with E-state index in [1.54, 1.807) is 9.36 Å². The van der Waals surface area contributed by atoms with E-state index in [1.165, 1.54) is 21.6 Å². The average molecular weight is 609 g/mol. The van der Waals surface area contributed by atoms with E-state index in [1.807, 2.05) is 84.1 Å². The van der Waals surface area contributed by atoms with Gasteiger partial charge in [0.2, 0.25) is 0 Å². The van der Waals surface area contributed by atoms with Crippen LogP contribution < -0.4 is 21.8 Å². The van der Waals surface area contributed by atoms with Crippen molar-refractivity contribution < 1.29 is 9.47 Å². The third-order valence-corrected chi connectivity index (χ3v) is 10.2. The first kappa shape index (κ1) is 29.1. The molecule has 0 radical (unpaired) electrons. The highest BCUT2D eigenvalue weighted by atomic mass is 33.1. The van der Waals surface area contributed by atoms with Crippen LogP contribution >= 0.6 is 21.6 Å². The minimum absolute atomic E-state index is 0.0427. The van der Waals surface area contributed by atoms with E-state index in [-0.39, 0.29) is 23.3 Å². The number of hydrogen-bond donors (Lipinski definition) is 2. The third kappa shape index (κ3) is 5.92. The molecule has 0 saturated carbocycles. The SMILES string of the molecule is Cn1c(CC2CNCCO2)c(SSc2c(CC3CNCCO3)n(C)n(-c3ccccc3)c2=O)c(=O)n1-c1ccccc1. The highest BCUT2D eigenvalue weighted by molar-refractivity contribution is 8.76. The molecule has 4 heterocycles. The van der Waals surface area contributed by atoms with Crippen molar-refractivity contribution in [3.63, 3.8) is 0 Å². The summed E-state index contributed by atoms with van der Waals surface area (Å²) in [4.78, 5) is 29.2. The van der Waals surface area contributed by atoms with Crippen LogP contribution in [-0.2, 0) is 36.4 Å². The van der Waals surface area contributed by atoms with E-state index in [4.69, 9.17) is 9.47 Å². The molecule has 2 aliphatic rings. The van der Waals surface area contributed by atoms with Gasteiger partial charge in [-0.3, -0.25) is 19.0 Å². The molecule has 0 amide bonds. The lowest BCUT2D eigenvalue weighted by Gasteiger charge is -2.24. The second-order valence-electron chi connectivity index (χ2n) is 10.5. The lowest BCUT2D eigenvalue weighted by molar-refractivity contribution is 0.0276. The van der Waals surface area contributed by atoms with Crippen molar-refractivity contribution >= 4 is 21.6 Å². The molecule has 2 aliphatic heterocycles. The number of para-hydroxylation sites is 2. The smallest absolute Gasteiger partial charge is 0.286 e. The molecular weight excluding hydrogens is 573 g/mol. The van der Waals surface area contributed by atoms with Crippen molar-refractivity contribution in [3.05, 3.63) is 92.8 Å². The summed E-state index contributed by atoms with van der Waals surface area (Å²) in [5.74, 6) is 0. The number of nitrogens with zero attached hydrogens (tertiary/aromatic N) is 4. The summed E-state index contributed by atoms with van der Waals surface area (Å²) in [5, 5.41) is 6.78. The van der Waals surface area contributed by atoms with Gasteiger partial charge in [-0.1, -0.05) is 36.4 Å². The normalized spacial score (nSPS) is 19.3. The van der Waals surface area contributed by atoms with Gasteiger partial charge in [-0.15, -0.1) is 0 Å². The lowest BCUT2D eigenvalue weighted by Crippen LogP contribution is -2.40. The number of rotatable bonds is 9. The van der Waals surface area contributed by atoms with Crippen molar-refractivity contribution in [3.8, 4) is 11.4 Å². The lowest BCUT2D eigenvalue weighted by atomic mass is 10.2. The minimum Gasteiger partial charge on any atom is -0.375 e. The topological polar surface area (TPSA) is 96.4 Å². The van der Waals surface area contributed by atoms with Gasteiger partial charge in [0.15, 0.2) is 0 Å². The van der Waals surface area contributed by atoms with Crippen molar-refractivity contribution in [2.75, 3.05) is 39.4 Å². The fraction of sp³-hybridized carbons (Fsp3) is 0.400. The van der Waals surface area contributed by atoms with E-state index in [0.29, 0.717) is 35.8 Å². The Labute approximate surface area is 252 Å².